The van der Waals surface area contributed by atoms with Crippen LogP contribution >= 0.6 is 24.8 Å². The maximum Gasteiger partial charge on any atom is 2.00 e. The van der Waals surface area contributed by atoms with Crippen LogP contribution in [-0.2, 0) is 21.7 Å². The van der Waals surface area contributed by atoms with Crippen molar-refractivity contribution < 1.29 is 21.7 Å². The first-order chi connectivity index (χ1) is 11.0. The number of rotatable bonds is 2. The Morgan fingerprint density at radius 3 is 1.81 bits per heavy atom. The van der Waals surface area contributed by atoms with Crippen molar-refractivity contribution in [1.82, 2.24) is 0 Å². The van der Waals surface area contributed by atoms with Crippen molar-refractivity contribution >= 4 is 36.1 Å². The molecule has 0 atom stereocenters. The molecule has 0 amide bonds. The Balaban J connectivity index is 0. The second-order valence-corrected chi connectivity index (χ2v) is 6.24. The Bertz CT molecular complexity index is 722. The molecule has 2 aromatic carbocycles. The first-order valence-electron chi connectivity index (χ1n) is 8.02. The van der Waals surface area contributed by atoms with Crippen LogP contribution in [0.1, 0.15) is 45.2 Å². The molecule has 0 aromatic heterocycles. The molecule has 0 heterocycles. The zero-order chi connectivity index (χ0) is 16.8. The maximum absolute atomic E-state index is 7.00. The third kappa shape index (κ3) is 7.64. The fourth-order valence-corrected chi connectivity index (χ4v) is 2.85. The minimum Gasteiger partial charge on any atom is -0.699 e. The van der Waals surface area contributed by atoms with Gasteiger partial charge in [-0.3, -0.25) is 0 Å². The van der Waals surface area contributed by atoms with Gasteiger partial charge in [0.1, 0.15) is 0 Å². The van der Waals surface area contributed by atoms with Crippen LogP contribution in [0, 0.1) is 5.92 Å². The molecule has 0 aliphatic heterocycles. The van der Waals surface area contributed by atoms with Crippen LogP contribution in [0.15, 0.2) is 71.8 Å². The van der Waals surface area contributed by atoms with Gasteiger partial charge in [0.15, 0.2) is 0 Å². The number of hydrogen-bond donors (Lipinski definition) is 0. The van der Waals surface area contributed by atoms with E-state index in [4.69, 9.17) is 5.73 Å². The van der Waals surface area contributed by atoms with E-state index < -0.39 is 0 Å². The quantitative estimate of drug-likeness (QED) is 0.345. The third-order valence-corrected chi connectivity index (χ3v) is 3.96. The topological polar surface area (TPSA) is 23.8 Å². The Kier molecular flexibility index (Phi) is 13.7. The van der Waals surface area contributed by atoms with Gasteiger partial charge in [-0.1, -0.05) is 73.0 Å². The van der Waals surface area contributed by atoms with E-state index in [0.29, 0.717) is 5.69 Å². The van der Waals surface area contributed by atoms with E-state index in [9.17, 15) is 0 Å². The van der Waals surface area contributed by atoms with Gasteiger partial charge in [-0.2, -0.15) is 17.5 Å². The Hall–Kier alpha value is -1.12. The molecule has 26 heavy (non-hydrogen) atoms. The fourth-order valence-electron chi connectivity index (χ4n) is 2.85. The molecule has 0 radical (unpaired) electrons. The van der Waals surface area contributed by atoms with Crippen LogP contribution in [0.25, 0.3) is 11.3 Å². The van der Waals surface area contributed by atoms with E-state index in [0.717, 1.165) is 6.42 Å². The van der Waals surface area contributed by atoms with Crippen molar-refractivity contribution in [2.24, 2.45) is 0 Å². The van der Waals surface area contributed by atoms with Gasteiger partial charge in [0.05, 0.1) is 0 Å². The molecule has 4 heteroatoms. The molecule has 3 rings (SSSR count). The summed E-state index contributed by atoms with van der Waals surface area (Å²) in [6.45, 7) is 8.79. The van der Waals surface area contributed by atoms with E-state index in [1.807, 2.05) is 18.2 Å². The van der Waals surface area contributed by atoms with E-state index in [1.54, 1.807) is 12.1 Å². The number of allylic oxidation sites excluding steroid dienone is 4. The molecule has 1 aliphatic rings. The van der Waals surface area contributed by atoms with Crippen molar-refractivity contribution in [1.29, 1.82) is 0 Å². The molecule has 0 saturated heterocycles. The molecule has 0 unspecified atom stereocenters. The first kappa shape index (κ1) is 27.1. The maximum atomic E-state index is 7.00. The molecule has 0 bridgehead atoms. The first-order valence-corrected chi connectivity index (χ1v) is 8.02. The van der Waals surface area contributed by atoms with Gasteiger partial charge in [-0.05, 0) is 20.3 Å². The summed E-state index contributed by atoms with van der Waals surface area (Å²) in [6.07, 6.45) is 3.41. The zero-order valence-electron chi connectivity index (χ0n) is 15.8. The Morgan fingerprint density at radius 2 is 1.38 bits per heavy atom. The second-order valence-electron chi connectivity index (χ2n) is 6.24. The van der Waals surface area contributed by atoms with Crippen LogP contribution in [0.2, 0.25) is 0 Å². The number of halogens is 2. The van der Waals surface area contributed by atoms with Crippen molar-refractivity contribution in [2.45, 2.75) is 34.1 Å². The van der Waals surface area contributed by atoms with Crippen molar-refractivity contribution in [3.8, 4) is 0 Å². The van der Waals surface area contributed by atoms with Crippen molar-refractivity contribution in [2.75, 3.05) is 0 Å². The summed E-state index contributed by atoms with van der Waals surface area (Å²) in [4.78, 5) is 0. The van der Waals surface area contributed by atoms with Gasteiger partial charge in [0.25, 0.3) is 0 Å². The van der Waals surface area contributed by atoms with Crippen molar-refractivity contribution in [3.05, 3.63) is 94.6 Å². The molecule has 138 valence electrons. The molecule has 2 aromatic rings. The number of nitrogens with one attached hydrogen (secondary N) is 1. The summed E-state index contributed by atoms with van der Waals surface area (Å²) >= 11 is 0. The molecule has 1 nitrogen and oxygen atoms in total. The molecule has 0 saturated carbocycles. The summed E-state index contributed by atoms with van der Waals surface area (Å²) in [7, 11) is 0. The smallest absolute Gasteiger partial charge is 0.699 e. The Morgan fingerprint density at radius 1 is 0.846 bits per heavy atom. The van der Waals surface area contributed by atoms with E-state index in [1.165, 1.54) is 33.8 Å². The van der Waals surface area contributed by atoms with Crippen molar-refractivity contribution in [3.63, 3.8) is 0 Å². The van der Waals surface area contributed by atoms with Crippen LogP contribution in [0.4, 0.5) is 5.69 Å². The summed E-state index contributed by atoms with van der Waals surface area (Å²) in [5.41, 5.74) is 14.8. The van der Waals surface area contributed by atoms with Crippen LogP contribution in [-0.4, -0.2) is 0 Å². The summed E-state index contributed by atoms with van der Waals surface area (Å²) in [5.74, 6) is 1.39. The summed E-state index contributed by atoms with van der Waals surface area (Å²) < 4.78 is 0. The normalized spacial score (nSPS) is 11.8. The van der Waals surface area contributed by atoms with Gasteiger partial charge < -0.3 is 5.73 Å². The average molecular weight is 424 g/mol. The van der Waals surface area contributed by atoms with Gasteiger partial charge in [-0.25, -0.2) is 0 Å². The predicted octanol–water partition coefficient (Wildman–Crippen LogP) is 7.98. The third-order valence-electron chi connectivity index (χ3n) is 3.96. The van der Waals surface area contributed by atoms with E-state index in [-0.39, 0.29) is 46.5 Å². The molecular weight excluding hydrogens is 397 g/mol. The fraction of sp³-hybridized carbons (Fsp3) is 0.227. The minimum atomic E-state index is 0. The monoisotopic (exact) mass is 423 g/mol. The Labute approximate surface area is 185 Å². The van der Waals surface area contributed by atoms with Crippen LogP contribution < -0.4 is 0 Å². The van der Waals surface area contributed by atoms with Crippen LogP contribution in [0.3, 0.4) is 0 Å². The number of benzene rings is 2. The van der Waals surface area contributed by atoms with Gasteiger partial charge in [0.2, 0.25) is 0 Å². The zero-order valence-corrected chi connectivity index (χ0v) is 19.0. The van der Waals surface area contributed by atoms with Gasteiger partial charge >= 0.3 is 21.7 Å². The predicted molar refractivity (Wildman–Crippen MR) is 116 cm³/mol. The largest absolute Gasteiger partial charge is 2.00 e. The molecule has 1 N–H and O–H groups in total. The summed E-state index contributed by atoms with van der Waals surface area (Å²) in [6, 6.07) is 17.8. The van der Waals surface area contributed by atoms with Gasteiger partial charge in [0, 0.05) is 0 Å². The van der Waals surface area contributed by atoms with Gasteiger partial charge in [-0.15, -0.1) is 48.2 Å². The van der Waals surface area contributed by atoms with E-state index in [2.05, 4.69) is 58.0 Å². The van der Waals surface area contributed by atoms with E-state index >= 15 is 0 Å². The molecule has 0 fully saturated rings. The van der Waals surface area contributed by atoms with Crippen LogP contribution in [0.5, 0.6) is 0 Å². The molecule has 1 aliphatic carbocycles. The second kappa shape index (κ2) is 13.1. The standard InChI is InChI=1S/C16H19.C6H6N.2ClH.Ti/c1-11(2)14-7-5-6-8-15(14)16-10-12(3)9-13(16)4;7-6-4-2-1-3-5-6;;;/h5-9H,10H2,1-4H3;1-5,7H;2*1H;/q2*-1;;;+2. The summed E-state index contributed by atoms with van der Waals surface area (Å²) in [5, 5.41) is 0. The SMILES string of the molecule is CC1=CC(C)=C(c2ccccc2[C-](C)C)C1.Cl.Cl.[NH-]c1ccccc1.[Ti+2]. The average Bonchev–Trinajstić information content (AvgIpc) is 2.87. The number of hydrogen-bond acceptors (Lipinski definition) is 0. The molecular formula is C22H27Cl2NTi. The minimum absolute atomic E-state index is 0. The molecule has 0 spiro atoms.